The zero-order chi connectivity index (χ0) is 10.7. The lowest BCUT2D eigenvalue weighted by atomic mass is 10.3. The van der Waals surface area contributed by atoms with Gasteiger partial charge in [0.05, 0.1) is 18.6 Å². The third-order valence-corrected chi connectivity index (χ3v) is 2.38. The number of hydrogen-bond acceptors (Lipinski definition) is 3. The molecule has 2 heterocycles. The Balaban J connectivity index is 2.14. The van der Waals surface area contributed by atoms with Gasteiger partial charge in [-0.3, -0.25) is 9.78 Å². The molecule has 2 aromatic rings. The number of aldehydes is 1. The van der Waals surface area contributed by atoms with E-state index in [1.807, 2.05) is 16.7 Å². The fraction of sp³-hybridized carbons (Fsp3) is 0.100. The maximum Gasteiger partial charge on any atom is 0.169 e. The summed E-state index contributed by atoms with van der Waals surface area (Å²) in [6, 6.07) is 3.85. The van der Waals surface area contributed by atoms with Crippen LogP contribution in [-0.2, 0) is 6.54 Å². The van der Waals surface area contributed by atoms with Crippen molar-refractivity contribution in [1.82, 2.24) is 14.5 Å². The van der Waals surface area contributed by atoms with E-state index >= 15 is 0 Å². The molecular formula is C10H8BrN3O. The highest BCUT2D eigenvalue weighted by Crippen LogP contribution is 2.08. The zero-order valence-corrected chi connectivity index (χ0v) is 9.39. The van der Waals surface area contributed by atoms with Crippen LogP contribution in [0.2, 0.25) is 0 Å². The van der Waals surface area contributed by atoms with Gasteiger partial charge in [0.15, 0.2) is 6.29 Å². The van der Waals surface area contributed by atoms with Crippen molar-refractivity contribution < 1.29 is 4.79 Å². The molecule has 0 aliphatic heterocycles. The van der Waals surface area contributed by atoms with E-state index in [4.69, 9.17) is 0 Å². The summed E-state index contributed by atoms with van der Waals surface area (Å²) >= 11 is 3.32. The topological polar surface area (TPSA) is 47.8 Å². The Bertz CT molecular complexity index is 464. The van der Waals surface area contributed by atoms with Gasteiger partial charge in [-0.05, 0) is 28.1 Å². The third kappa shape index (κ3) is 2.50. The molecule has 0 atom stereocenters. The molecule has 15 heavy (non-hydrogen) atoms. The Kier molecular flexibility index (Phi) is 2.91. The fourth-order valence-corrected chi connectivity index (χ4v) is 1.45. The lowest BCUT2D eigenvalue weighted by Crippen LogP contribution is -1.98. The van der Waals surface area contributed by atoms with Crippen molar-refractivity contribution in [3.63, 3.8) is 0 Å². The minimum Gasteiger partial charge on any atom is -0.331 e. The molecule has 0 N–H and O–H groups in total. The second-order valence-corrected chi connectivity index (χ2v) is 3.97. The summed E-state index contributed by atoms with van der Waals surface area (Å²) in [5.74, 6) is 0. The largest absolute Gasteiger partial charge is 0.331 e. The fourth-order valence-electron chi connectivity index (χ4n) is 1.21. The molecule has 4 nitrogen and oxygen atoms in total. The summed E-state index contributed by atoms with van der Waals surface area (Å²) in [6.45, 7) is 0.619. The first-order valence-electron chi connectivity index (χ1n) is 4.35. The van der Waals surface area contributed by atoms with Crippen LogP contribution in [0.1, 0.15) is 16.2 Å². The molecule has 0 radical (unpaired) electrons. The highest BCUT2D eigenvalue weighted by Gasteiger charge is 1.99. The number of hydrogen-bond donors (Lipinski definition) is 0. The number of rotatable bonds is 3. The van der Waals surface area contributed by atoms with Gasteiger partial charge in [0, 0.05) is 16.9 Å². The molecule has 0 aliphatic carbocycles. The maximum absolute atomic E-state index is 10.4. The number of carbonyl (C=O) groups is 1. The van der Waals surface area contributed by atoms with Crippen LogP contribution >= 0.6 is 15.9 Å². The van der Waals surface area contributed by atoms with Gasteiger partial charge in [-0.25, -0.2) is 4.98 Å². The van der Waals surface area contributed by atoms with Crippen molar-refractivity contribution in [2.24, 2.45) is 0 Å². The van der Waals surface area contributed by atoms with E-state index in [9.17, 15) is 4.79 Å². The van der Waals surface area contributed by atoms with E-state index in [1.54, 1.807) is 18.7 Å². The zero-order valence-electron chi connectivity index (χ0n) is 7.80. The molecule has 0 saturated carbocycles. The molecule has 5 heteroatoms. The Labute approximate surface area is 95.1 Å². The summed E-state index contributed by atoms with van der Waals surface area (Å²) < 4.78 is 2.77. The van der Waals surface area contributed by atoms with E-state index in [0.717, 1.165) is 16.5 Å². The first-order valence-corrected chi connectivity index (χ1v) is 5.14. The number of carbonyl (C=O) groups excluding carboxylic acids is 1. The first kappa shape index (κ1) is 10.0. The predicted octanol–water partition coefficient (Wildman–Crippen LogP) is 1.90. The van der Waals surface area contributed by atoms with Gasteiger partial charge >= 0.3 is 0 Å². The van der Waals surface area contributed by atoms with Crippen LogP contribution in [-0.4, -0.2) is 20.8 Å². The van der Waals surface area contributed by atoms with Crippen LogP contribution in [0.3, 0.4) is 0 Å². The van der Waals surface area contributed by atoms with Gasteiger partial charge < -0.3 is 4.57 Å². The Morgan fingerprint density at radius 1 is 1.40 bits per heavy atom. The normalized spacial score (nSPS) is 10.2. The number of nitrogens with zero attached hydrogens (tertiary/aromatic N) is 3. The third-order valence-electron chi connectivity index (χ3n) is 1.91. The van der Waals surface area contributed by atoms with Gasteiger partial charge in [-0.1, -0.05) is 0 Å². The summed E-state index contributed by atoms with van der Waals surface area (Å²) in [7, 11) is 0. The summed E-state index contributed by atoms with van der Waals surface area (Å²) in [5, 5.41) is 0. The van der Waals surface area contributed by atoms with Crippen LogP contribution in [0.15, 0.2) is 35.3 Å². The van der Waals surface area contributed by atoms with Gasteiger partial charge in [-0.2, -0.15) is 0 Å². The van der Waals surface area contributed by atoms with E-state index in [1.165, 1.54) is 0 Å². The van der Waals surface area contributed by atoms with Crippen molar-refractivity contribution in [3.05, 3.63) is 46.7 Å². The summed E-state index contributed by atoms with van der Waals surface area (Å²) in [5.41, 5.74) is 1.36. The maximum atomic E-state index is 10.4. The van der Waals surface area contributed by atoms with E-state index in [2.05, 4.69) is 25.9 Å². The van der Waals surface area contributed by atoms with Gasteiger partial charge in [0.2, 0.25) is 0 Å². The monoisotopic (exact) mass is 265 g/mol. The highest BCUT2D eigenvalue weighted by atomic mass is 79.9. The van der Waals surface area contributed by atoms with Crippen LogP contribution in [0.25, 0.3) is 0 Å². The molecule has 0 fully saturated rings. The smallest absolute Gasteiger partial charge is 0.169 e. The number of pyridine rings is 1. The van der Waals surface area contributed by atoms with Gasteiger partial charge in [-0.15, -0.1) is 0 Å². The molecule has 0 bridgehead atoms. The van der Waals surface area contributed by atoms with Crippen LogP contribution in [0, 0.1) is 0 Å². The molecule has 0 aromatic carbocycles. The van der Waals surface area contributed by atoms with Gasteiger partial charge in [0.25, 0.3) is 0 Å². The minimum absolute atomic E-state index is 0.437. The van der Waals surface area contributed by atoms with Crippen molar-refractivity contribution in [2.45, 2.75) is 6.54 Å². The molecule has 0 aliphatic rings. The lowest BCUT2D eigenvalue weighted by molar-refractivity contribution is 0.111. The molecule has 0 spiro atoms. The minimum atomic E-state index is 0.437. The van der Waals surface area contributed by atoms with E-state index in [0.29, 0.717) is 12.2 Å². The molecule has 2 aromatic heterocycles. The van der Waals surface area contributed by atoms with Crippen molar-refractivity contribution >= 4 is 22.2 Å². The first-order chi connectivity index (χ1) is 7.28. The Hall–Kier alpha value is -1.49. The van der Waals surface area contributed by atoms with Crippen molar-refractivity contribution in [2.75, 3.05) is 0 Å². The van der Waals surface area contributed by atoms with E-state index in [-0.39, 0.29) is 0 Å². The molecule has 0 amide bonds. The second-order valence-electron chi connectivity index (χ2n) is 3.06. The highest BCUT2D eigenvalue weighted by molar-refractivity contribution is 9.10. The predicted molar refractivity (Wildman–Crippen MR) is 58.7 cm³/mol. The summed E-state index contributed by atoms with van der Waals surface area (Å²) in [6.07, 6.45) is 5.78. The van der Waals surface area contributed by atoms with E-state index < -0.39 is 0 Å². The molecule has 76 valence electrons. The molecule has 0 saturated heterocycles. The molecule has 2 rings (SSSR count). The molecule has 0 unspecified atom stereocenters. The van der Waals surface area contributed by atoms with Crippen molar-refractivity contribution in [3.8, 4) is 0 Å². The number of imidazole rings is 1. The number of aromatic nitrogens is 3. The Morgan fingerprint density at radius 3 is 2.87 bits per heavy atom. The standard InChI is InChI=1S/C10H8BrN3O/c11-8-1-2-9(12-3-8)4-14-5-10(6-15)13-7-14/h1-3,5-7H,4H2. The van der Waals surface area contributed by atoms with Crippen LogP contribution in [0.4, 0.5) is 0 Å². The quantitative estimate of drug-likeness (QED) is 0.797. The van der Waals surface area contributed by atoms with Gasteiger partial charge in [0.1, 0.15) is 5.69 Å². The van der Waals surface area contributed by atoms with Crippen LogP contribution < -0.4 is 0 Å². The number of halogens is 1. The summed E-state index contributed by atoms with van der Waals surface area (Å²) in [4.78, 5) is 18.6. The second kappa shape index (κ2) is 4.35. The van der Waals surface area contributed by atoms with Crippen LogP contribution in [0.5, 0.6) is 0 Å². The van der Waals surface area contributed by atoms with Crippen molar-refractivity contribution in [1.29, 1.82) is 0 Å². The lowest BCUT2D eigenvalue weighted by Gasteiger charge is -2.00. The SMILES string of the molecule is O=Cc1cn(Cc2ccc(Br)cn2)cn1. The average molecular weight is 266 g/mol. The average Bonchev–Trinajstić information content (AvgIpc) is 2.69. The molecular weight excluding hydrogens is 258 g/mol. The Morgan fingerprint density at radius 2 is 2.27 bits per heavy atom.